The van der Waals surface area contributed by atoms with Crippen LogP contribution >= 0.6 is 0 Å². The SMILES string of the molecule is CCN(C)C(=O)CNC(c1ccc(F)cc1)C1CC1. The molecule has 0 bridgehead atoms. The number of nitrogens with zero attached hydrogens (tertiary/aromatic N) is 1. The third-order valence-corrected chi connectivity index (χ3v) is 3.70. The molecule has 4 heteroatoms. The van der Waals surface area contributed by atoms with E-state index in [4.69, 9.17) is 0 Å². The Hall–Kier alpha value is -1.42. The highest BCUT2D eigenvalue weighted by atomic mass is 19.1. The molecule has 1 aromatic rings. The average molecular weight is 264 g/mol. The van der Waals surface area contributed by atoms with Crippen molar-refractivity contribution in [1.29, 1.82) is 0 Å². The standard InChI is InChI=1S/C15H21FN2O/c1-3-18(2)14(19)10-17-15(11-4-5-11)12-6-8-13(16)9-7-12/h6-9,11,15,17H,3-5,10H2,1-2H3. The van der Waals surface area contributed by atoms with Crippen molar-refractivity contribution in [3.8, 4) is 0 Å². The normalized spacial score (nSPS) is 16.2. The van der Waals surface area contributed by atoms with Gasteiger partial charge >= 0.3 is 0 Å². The van der Waals surface area contributed by atoms with E-state index in [2.05, 4.69) is 5.32 Å². The second-order valence-electron chi connectivity index (χ2n) is 5.16. The zero-order chi connectivity index (χ0) is 13.8. The van der Waals surface area contributed by atoms with Crippen LogP contribution in [0.5, 0.6) is 0 Å². The van der Waals surface area contributed by atoms with E-state index >= 15 is 0 Å². The second-order valence-corrected chi connectivity index (χ2v) is 5.16. The van der Waals surface area contributed by atoms with E-state index < -0.39 is 0 Å². The Bertz CT molecular complexity index is 428. The van der Waals surface area contributed by atoms with E-state index in [1.165, 1.54) is 25.0 Å². The number of benzene rings is 1. The zero-order valence-corrected chi connectivity index (χ0v) is 11.5. The Morgan fingerprint density at radius 2 is 2.05 bits per heavy atom. The summed E-state index contributed by atoms with van der Waals surface area (Å²) in [4.78, 5) is 13.5. The quantitative estimate of drug-likeness (QED) is 0.855. The largest absolute Gasteiger partial charge is 0.345 e. The predicted octanol–water partition coefficient (Wildman–Crippen LogP) is 2.34. The number of rotatable bonds is 6. The summed E-state index contributed by atoms with van der Waals surface area (Å²) in [7, 11) is 1.80. The van der Waals surface area contributed by atoms with Crippen LogP contribution in [0.1, 0.15) is 31.4 Å². The van der Waals surface area contributed by atoms with E-state index in [0.717, 1.165) is 5.56 Å². The van der Waals surface area contributed by atoms with Gasteiger partial charge in [0.15, 0.2) is 0 Å². The van der Waals surface area contributed by atoms with Crippen LogP contribution in [0.2, 0.25) is 0 Å². The van der Waals surface area contributed by atoms with Gasteiger partial charge in [-0.15, -0.1) is 0 Å². The van der Waals surface area contributed by atoms with Gasteiger partial charge in [0.1, 0.15) is 5.82 Å². The van der Waals surface area contributed by atoms with Gasteiger partial charge < -0.3 is 10.2 Å². The molecule has 19 heavy (non-hydrogen) atoms. The molecule has 1 amide bonds. The van der Waals surface area contributed by atoms with Gasteiger partial charge in [-0.25, -0.2) is 4.39 Å². The molecule has 2 rings (SSSR count). The number of likely N-dealkylation sites (N-methyl/N-ethyl adjacent to an activating group) is 1. The summed E-state index contributed by atoms with van der Waals surface area (Å²) in [5.74, 6) is 0.445. The van der Waals surface area contributed by atoms with Gasteiger partial charge in [-0.05, 0) is 43.4 Å². The average Bonchev–Trinajstić information content (AvgIpc) is 3.24. The third-order valence-electron chi connectivity index (χ3n) is 3.70. The molecular weight excluding hydrogens is 243 g/mol. The molecule has 0 heterocycles. The van der Waals surface area contributed by atoms with Gasteiger partial charge in [0.25, 0.3) is 0 Å². The highest BCUT2D eigenvalue weighted by Crippen LogP contribution is 2.40. The Morgan fingerprint density at radius 1 is 1.42 bits per heavy atom. The van der Waals surface area contributed by atoms with E-state index in [0.29, 0.717) is 19.0 Å². The van der Waals surface area contributed by atoms with Crippen molar-refractivity contribution in [1.82, 2.24) is 10.2 Å². The molecule has 1 aliphatic rings. The molecule has 1 fully saturated rings. The molecular formula is C15H21FN2O. The Kier molecular flexibility index (Phi) is 4.53. The van der Waals surface area contributed by atoms with Crippen LogP contribution in [0.25, 0.3) is 0 Å². The lowest BCUT2D eigenvalue weighted by Crippen LogP contribution is -2.37. The highest BCUT2D eigenvalue weighted by Gasteiger charge is 2.32. The minimum Gasteiger partial charge on any atom is -0.345 e. The lowest BCUT2D eigenvalue weighted by atomic mass is 10.0. The fourth-order valence-corrected chi connectivity index (χ4v) is 2.16. The van der Waals surface area contributed by atoms with Crippen molar-refractivity contribution in [2.24, 2.45) is 5.92 Å². The molecule has 1 aliphatic carbocycles. The Morgan fingerprint density at radius 3 is 2.58 bits per heavy atom. The monoisotopic (exact) mass is 264 g/mol. The topological polar surface area (TPSA) is 32.3 Å². The van der Waals surface area contributed by atoms with Crippen LogP contribution in [0.4, 0.5) is 4.39 Å². The summed E-state index contributed by atoms with van der Waals surface area (Å²) in [6.07, 6.45) is 2.35. The third kappa shape index (κ3) is 3.77. The van der Waals surface area contributed by atoms with Crippen LogP contribution in [0.15, 0.2) is 24.3 Å². The van der Waals surface area contributed by atoms with Crippen molar-refractivity contribution in [3.63, 3.8) is 0 Å². The van der Waals surface area contributed by atoms with Gasteiger partial charge in [0.05, 0.1) is 6.54 Å². The molecule has 1 aromatic carbocycles. The Labute approximate surface area is 113 Å². The van der Waals surface area contributed by atoms with Gasteiger partial charge in [0.2, 0.25) is 5.91 Å². The molecule has 0 radical (unpaired) electrons. The van der Waals surface area contributed by atoms with Gasteiger partial charge in [-0.1, -0.05) is 12.1 Å². The second kappa shape index (κ2) is 6.15. The first-order valence-electron chi connectivity index (χ1n) is 6.84. The van der Waals surface area contributed by atoms with Gasteiger partial charge in [0, 0.05) is 19.6 Å². The maximum absolute atomic E-state index is 13.0. The van der Waals surface area contributed by atoms with Crippen LogP contribution in [0, 0.1) is 11.7 Å². The first-order chi connectivity index (χ1) is 9.11. The number of halogens is 1. The molecule has 1 saturated carbocycles. The summed E-state index contributed by atoms with van der Waals surface area (Å²) < 4.78 is 13.0. The van der Waals surface area contributed by atoms with Gasteiger partial charge in [-0.3, -0.25) is 4.79 Å². The van der Waals surface area contributed by atoms with Crippen LogP contribution in [-0.4, -0.2) is 30.9 Å². The molecule has 0 spiro atoms. The van der Waals surface area contributed by atoms with Crippen LogP contribution < -0.4 is 5.32 Å². The molecule has 3 nitrogen and oxygen atoms in total. The Balaban J connectivity index is 1.97. The minimum atomic E-state index is -0.222. The maximum atomic E-state index is 13.0. The van der Waals surface area contributed by atoms with E-state index in [9.17, 15) is 9.18 Å². The van der Waals surface area contributed by atoms with Crippen molar-refractivity contribution in [2.75, 3.05) is 20.1 Å². The first kappa shape index (κ1) is 14.0. The highest BCUT2D eigenvalue weighted by molar-refractivity contribution is 5.77. The lowest BCUT2D eigenvalue weighted by molar-refractivity contribution is -0.128. The number of carbonyl (C=O) groups excluding carboxylic acids is 1. The smallest absolute Gasteiger partial charge is 0.236 e. The van der Waals surface area contributed by atoms with Crippen molar-refractivity contribution < 1.29 is 9.18 Å². The molecule has 104 valence electrons. The lowest BCUT2D eigenvalue weighted by Gasteiger charge is -2.21. The van der Waals surface area contributed by atoms with Crippen molar-refractivity contribution in [3.05, 3.63) is 35.6 Å². The van der Waals surface area contributed by atoms with E-state index in [1.54, 1.807) is 24.1 Å². The fourth-order valence-electron chi connectivity index (χ4n) is 2.16. The number of nitrogens with one attached hydrogen (secondary N) is 1. The van der Waals surface area contributed by atoms with Crippen molar-refractivity contribution in [2.45, 2.75) is 25.8 Å². The van der Waals surface area contributed by atoms with Gasteiger partial charge in [-0.2, -0.15) is 0 Å². The van der Waals surface area contributed by atoms with Crippen molar-refractivity contribution >= 4 is 5.91 Å². The first-order valence-corrected chi connectivity index (χ1v) is 6.84. The molecule has 0 aromatic heterocycles. The molecule has 0 saturated heterocycles. The summed E-state index contributed by atoms with van der Waals surface area (Å²) >= 11 is 0. The molecule has 1 unspecified atom stereocenters. The summed E-state index contributed by atoms with van der Waals surface area (Å²) in [6.45, 7) is 3.00. The van der Waals surface area contributed by atoms with Crippen LogP contribution in [-0.2, 0) is 4.79 Å². The zero-order valence-electron chi connectivity index (χ0n) is 11.5. The molecule has 1 N–H and O–H groups in total. The summed E-state index contributed by atoms with van der Waals surface area (Å²) in [5.41, 5.74) is 1.07. The molecule has 1 atom stereocenters. The summed E-state index contributed by atoms with van der Waals surface area (Å²) in [6, 6.07) is 6.73. The van der Waals surface area contributed by atoms with E-state index in [1.807, 2.05) is 6.92 Å². The predicted molar refractivity (Wildman–Crippen MR) is 73.2 cm³/mol. The summed E-state index contributed by atoms with van der Waals surface area (Å²) in [5, 5.41) is 3.32. The number of carbonyl (C=O) groups is 1. The number of amides is 1. The van der Waals surface area contributed by atoms with Crippen LogP contribution in [0.3, 0.4) is 0 Å². The minimum absolute atomic E-state index is 0.0928. The van der Waals surface area contributed by atoms with E-state index in [-0.39, 0.29) is 17.8 Å². The fraction of sp³-hybridized carbons (Fsp3) is 0.533. The molecule has 0 aliphatic heterocycles. The number of hydrogen-bond acceptors (Lipinski definition) is 2. The maximum Gasteiger partial charge on any atom is 0.236 e. The number of hydrogen-bond donors (Lipinski definition) is 1.